The van der Waals surface area contributed by atoms with E-state index in [0.29, 0.717) is 6.42 Å². The van der Waals surface area contributed by atoms with Crippen molar-refractivity contribution >= 4 is 17.5 Å². The molecule has 0 aliphatic heterocycles. The number of carbonyl (C=O) groups is 2. The molecule has 1 aliphatic carbocycles. The number of anilines is 1. The maximum atomic E-state index is 13.8. The topological polar surface area (TPSA) is 84.2 Å². The molecule has 6 nitrogen and oxygen atoms in total. The summed E-state index contributed by atoms with van der Waals surface area (Å²) in [6, 6.07) is 15.1. The molecule has 0 unspecified atom stereocenters. The Bertz CT molecular complexity index is 1030. The van der Waals surface area contributed by atoms with Crippen molar-refractivity contribution in [1.29, 1.82) is 0 Å². The van der Waals surface area contributed by atoms with E-state index in [1.165, 1.54) is 24.5 Å². The number of oxazole rings is 1. The minimum absolute atomic E-state index is 0.0158. The molecule has 1 fully saturated rings. The Kier molecular flexibility index (Phi) is 5.88. The molecule has 7 heteroatoms. The zero-order valence-corrected chi connectivity index (χ0v) is 16.3. The largest absolute Gasteiger partial charge is 0.446 e. The van der Waals surface area contributed by atoms with E-state index in [-0.39, 0.29) is 29.1 Å². The maximum Gasteiger partial charge on any atom is 0.277 e. The van der Waals surface area contributed by atoms with E-state index >= 15 is 0 Å². The first kappa shape index (κ1) is 19.8. The van der Waals surface area contributed by atoms with Crippen LogP contribution >= 0.6 is 0 Å². The van der Waals surface area contributed by atoms with Crippen LogP contribution in [-0.4, -0.2) is 16.8 Å². The Labute approximate surface area is 173 Å². The van der Waals surface area contributed by atoms with Crippen molar-refractivity contribution < 1.29 is 18.4 Å². The van der Waals surface area contributed by atoms with Gasteiger partial charge in [0.1, 0.15) is 18.1 Å². The van der Waals surface area contributed by atoms with Crippen molar-refractivity contribution in [2.24, 2.45) is 5.92 Å². The van der Waals surface area contributed by atoms with Crippen LogP contribution in [0, 0.1) is 11.7 Å². The molecule has 154 valence electrons. The third-order valence-electron chi connectivity index (χ3n) is 5.25. The number of aromatic nitrogens is 1. The average molecular weight is 407 g/mol. The van der Waals surface area contributed by atoms with Crippen molar-refractivity contribution in [1.82, 2.24) is 10.3 Å². The first-order valence-corrected chi connectivity index (χ1v) is 9.96. The highest BCUT2D eigenvalue weighted by molar-refractivity contribution is 6.02. The second kappa shape index (κ2) is 8.90. The van der Waals surface area contributed by atoms with E-state index in [9.17, 15) is 14.0 Å². The highest BCUT2D eigenvalue weighted by atomic mass is 19.1. The molecule has 2 aromatic carbocycles. The summed E-state index contributed by atoms with van der Waals surface area (Å²) in [5.41, 5.74) is 1.09. The summed E-state index contributed by atoms with van der Waals surface area (Å²) in [6.07, 6.45) is 4.52. The number of para-hydroxylation sites is 1. The molecular formula is C23H22FN3O3. The van der Waals surface area contributed by atoms with Crippen LogP contribution in [-0.2, 0) is 11.2 Å². The predicted octanol–water partition coefficient (Wildman–Crippen LogP) is 4.27. The summed E-state index contributed by atoms with van der Waals surface area (Å²) in [4.78, 5) is 29.2. The average Bonchev–Trinajstić information content (AvgIpc) is 3.19. The molecular weight excluding hydrogens is 385 g/mol. The molecule has 2 N–H and O–H groups in total. The molecule has 0 saturated heterocycles. The summed E-state index contributed by atoms with van der Waals surface area (Å²) in [5, 5.41) is 5.49. The van der Waals surface area contributed by atoms with Gasteiger partial charge in [-0.2, -0.15) is 0 Å². The third kappa shape index (κ3) is 4.56. The Morgan fingerprint density at radius 3 is 2.53 bits per heavy atom. The molecule has 2 amide bonds. The zero-order valence-electron chi connectivity index (χ0n) is 16.3. The van der Waals surface area contributed by atoms with Gasteiger partial charge in [-0.05, 0) is 30.5 Å². The lowest BCUT2D eigenvalue weighted by molar-refractivity contribution is -0.128. The molecule has 0 spiro atoms. The van der Waals surface area contributed by atoms with Crippen LogP contribution in [0.25, 0.3) is 0 Å². The van der Waals surface area contributed by atoms with Gasteiger partial charge in [0, 0.05) is 12.3 Å². The van der Waals surface area contributed by atoms with Crippen molar-refractivity contribution in [2.75, 3.05) is 5.32 Å². The maximum absolute atomic E-state index is 13.8. The number of hydrogen-bond donors (Lipinski definition) is 2. The quantitative estimate of drug-likeness (QED) is 0.613. The second-order valence-electron chi connectivity index (χ2n) is 7.38. The fourth-order valence-corrected chi connectivity index (χ4v) is 3.31. The van der Waals surface area contributed by atoms with Crippen molar-refractivity contribution in [2.45, 2.75) is 31.7 Å². The lowest BCUT2D eigenvalue weighted by Gasteiger charge is -2.26. The van der Waals surface area contributed by atoms with Gasteiger partial charge in [-0.1, -0.05) is 48.9 Å². The summed E-state index contributed by atoms with van der Waals surface area (Å²) in [7, 11) is 0. The number of amides is 2. The van der Waals surface area contributed by atoms with Gasteiger partial charge in [0.15, 0.2) is 5.69 Å². The second-order valence-corrected chi connectivity index (χ2v) is 7.38. The Morgan fingerprint density at radius 1 is 1.10 bits per heavy atom. The van der Waals surface area contributed by atoms with Gasteiger partial charge in [-0.3, -0.25) is 9.59 Å². The summed E-state index contributed by atoms with van der Waals surface area (Å²) in [6.45, 7) is 0. The van der Waals surface area contributed by atoms with E-state index in [1.54, 1.807) is 6.07 Å². The van der Waals surface area contributed by atoms with Crippen molar-refractivity contribution in [3.63, 3.8) is 0 Å². The monoisotopic (exact) mass is 407 g/mol. The summed E-state index contributed by atoms with van der Waals surface area (Å²) >= 11 is 0. The predicted molar refractivity (Wildman–Crippen MR) is 109 cm³/mol. The van der Waals surface area contributed by atoms with Gasteiger partial charge in [0.05, 0.1) is 5.69 Å². The molecule has 4 rings (SSSR count). The number of halogens is 1. The Hall–Kier alpha value is -3.48. The van der Waals surface area contributed by atoms with Crippen LogP contribution in [0.1, 0.15) is 47.2 Å². The van der Waals surface area contributed by atoms with Crippen molar-refractivity contribution in [3.05, 3.63) is 83.8 Å². The molecule has 1 aliphatic rings. The molecule has 30 heavy (non-hydrogen) atoms. The smallest absolute Gasteiger partial charge is 0.277 e. The van der Waals surface area contributed by atoms with Crippen LogP contribution in [0.4, 0.5) is 10.1 Å². The van der Waals surface area contributed by atoms with Crippen molar-refractivity contribution in [3.8, 4) is 0 Å². The lowest BCUT2D eigenvalue weighted by atomic mass is 9.84. The number of hydrogen-bond acceptors (Lipinski definition) is 4. The number of nitrogens with zero attached hydrogens (tertiary/aromatic N) is 1. The van der Waals surface area contributed by atoms with Gasteiger partial charge in [0.2, 0.25) is 11.8 Å². The molecule has 1 saturated carbocycles. The van der Waals surface area contributed by atoms with Gasteiger partial charge >= 0.3 is 0 Å². The number of rotatable bonds is 7. The third-order valence-corrected chi connectivity index (χ3v) is 5.25. The Morgan fingerprint density at radius 2 is 1.83 bits per heavy atom. The van der Waals surface area contributed by atoms with E-state index < -0.39 is 17.8 Å². The normalized spacial score (nSPS) is 14.6. The minimum atomic E-state index is -0.584. The first-order chi connectivity index (χ1) is 14.6. The van der Waals surface area contributed by atoms with Gasteiger partial charge in [-0.25, -0.2) is 9.37 Å². The fraction of sp³-hybridized carbons (Fsp3) is 0.261. The first-order valence-electron chi connectivity index (χ1n) is 9.96. The Balaban J connectivity index is 1.51. The van der Waals surface area contributed by atoms with E-state index in [1.807, 2.05) is 30.3 Å². The van der Waals surface area contributed by atoms with Gasteiger partial charge in [0.25, 0.3) is 5.91 Å². The zero-order chi connectivity index (χ0) is 20.9. The van der Waals surface area contributed by atoms with Crippen LogP contribution in [0.2, 0.25) is 0 Å². The highest BCUT2D eigenvalue weighted by Gasteiger charge is 2.29. The van der Waals surface area contributed by atoms with Crippen LogP contribution in [0.15, 0.2) is 65.3 Å². The van der Waals surface area contributed by atoms with E-state index in [4.69, 9.17) is 4.42 Å². The van der Waals surface area contributed by atoms with E-state index in [2.05, 4.69) is 15.6 Å². The minimum Gasteiger partial charge on any atom is -0.446 e. The highest BCUT2D eigenvalue weighted by Crippen LogP contribution is 2.28. The molecule has 1 heterocycles. The van der Waals surface area contributed by atoms with Gasteiger partial charge in [-0.15, -0.1) is 0 Å². The number of nitrogens with one attached hydrogen (secondary N) is 2. The van der Waals surface area contributed by atoms with Crippen LogP contribution in [0.3, 0.4) is 0 Å². The van der Waals surface area contributed by atoms with E-state index in [0.717, 1.165) is 24.8 Å². The number of benzene rings is 2. The fourth-order valence-electron chi connectivity index (χ4n) is 3.31. The molecule has 3 aromatic rings. The number of carbonyl (C=O) groups excluding carboxylic acids is 2. The summed E-state index contributed by atoms with van der Waals surface area (Å²) in [5.74, 6) is -0.895. The molecule has 0 radical (unpaired) electrons. The SMILES string of the molecule is O=C(Nc1ccccc1F)c1coc([C@@H](Cc2ccccc2)NC(=O)C2CCC2)n1. The van der Waals surface area contributed by atoms with Crippen LogP contribution in [0.5, 0.6) is 0 Å². The molecule has 0 bridgehead atoms. The standard InChI is InChI=1S/C23H22FN3O3/c24-17-11-4-5-12-18(17)25-22(29)20-14-30-23(27-20)19(13-15-7-2-1-3-8-15)26-21(28)16-9-6-10-16/h1-5,7-8,11-12,14,16,19H,6,9-10,13H2,(H,25,29)(H,26,28)/t19-/m1/s1. The lowest BCUT2D eigenvalue weighted by Crippen LogP contribution is -2.37. The van der Waals surface area contributed by atoms with Gasteiger partial charge < -0.3 is 15.1 Å². The van der Waals surface area contributed by atoms with Crippen LogP contribution < -0.4 is 10.6 Å². The molecule has 1 aromatic heterocycles. The molecule has 1 atom stereocenters. The summed E-state index contributed by atoms with van der Waals surface area (Å²) < 4.78 is 19.3.